The summed E-state index contributed by atoms with van der Waals surface area (Å²) in [5.74, 6) is 1.20. The molecule has 5 nitrogen and oxygen atoms in total. The molecule has 1 aliphatic heterocycles. The van der Waals surface area contributed by atoms with Gasteiger partial charge in [0.15, 0.2) is 11.5 Å². The van der Waals surface area contributed by atoms with E-state index in [-0.39, 0.29) is 0 Å². The summed E-state index contributed by atoms with van der Waals surface area (Å²) in [6, 6.07) is 14.4. The Balaban J connectivity index is 1.64. The van der Waals surface area contributed by atoms with Gasteiger partial charge < -0.3 is 9.47 Å². The van der Waals surface area contributed by atoms with Crippen molar-refractivity contribution in [2.45, 2.75) is 26.4 Å². The molecule has 0 saturated carbocycles. The first-order valence-corrected chi connectivity index (χ1v) is 9.90. The molecule has 1 N–H and O–H groups in total. The quantitative estimate of drug-likeness (QED) is 0.655. The van der Waals surface area contributed by atoms with Gasteiger partial charge in [-0.15, -0.1) is 0 Å². The van der Waals surface area contributed by atoms with Gasteiger partial charge in [0.05, 0.1) is 24.4 Å². The highest BCUT2D eigenvalue weighted by molar-refractivity contribution is 6.32. The summed E-state index contributed by atoms with van der Waals surface area (Å²) in [6.07, 6.45) is 0.956. The number of nitrogens with zero attached hydrogens (tertiary/aromatic N) is 2. The van der Waals surface area contributed by atoms with Crippen molar-refractivity contribution in [2.75, 3.05) is 20.3 Å². The predicted molar refractivity (Wildman–Crippen MR) is 111 cm³/mol. The highest BCUT2D eigenvalue weighted by atomic mass is 35.5. The molecule has 146 valence electrons. The third-order valence-electron chi connectivity index (χ3n) is 5.05. The van der Waals surface area contributed by atoms with Crippen molar-refractivity contribution < 1.29 is 9.47 Å². The van der Waals surface area contributed by atoms with E-state index in [2.05, 4.69) is 45.4 Å². The number of hydrogen-bond acceptors (Lipinski definition) is 4. The van der Waals surface area contributed by atoms with Crippen LogP contribution in [0.2, 0.25) is 5.02 Å². The van der Waals surface area contributed by atoms with Crippen LogP contribution in [0.25, 0.3) is 11.3 Å². The number of methoxy groups -OCH3 is 1. The van der Waals surface area contributed by atoms with Crippen molar-refractivity contribution in [2.24, 2.45) is 0 Å². The number of nitrogens with one attached hydrogen (secondary N) is 1. The molecule has 1 aliphatic rings. The average Bonchev–Trinajstić information content (AvgIpc) is 3.12. The second-order valence-electron chi connectivity index (χ2n) is 6.90. The summed E-state index contributed by atoms with van der Waals surface area (Å²) >= 11 is 6.45. The lowest BCUT2D eigenvalue weighted by atomic mass is 10.00. The summed E-state index contributed by atoms with van der Waals surface area (Å²) in [5.41, 5.74) is 5.61. The van der Waals surface area contributed by atoms with Crippen molar-refractivity contribution >= 4 is 11.6 Å². The van der Waals surface area contributed by atoms with Crippen LogP contribution >= 0.6 is 11.6 Å². The topological polar surface area (TPSA) is 50.4 Å². The molecule has 0 saturated heterocycles. The largest absolute Gasteiger partial charge is 0.491 e. The average molecular weight is 398 g/mol. The highest BCUT2D eigenvalue weighted by Gasteiger charge is 2.24. The number of benzene rings is 2. The molecule has 6 heteroatoms. The maximum absolute atomic E-state index is 6.45. The molecule has 0 bridgehead atoms. The lowest BCUT2D eigenvalue weighted by Crippen LogP contribution is -2.29. The molecule has 0 atom stereocenters. The van der Waals surface area contributed by atoms with Gasteiger partial charge in [0.25, 0.3) is 0 Å². The van der Waals surface area contributed by atoms with Gasteiger partial charge in [0.1, 0.15) is 0 Å². The van der Waals surface area contributed by atoms with Crippen LogP contribution in [0.4, 0.5) is 0 Å². The Morgan fingerprint density at radius 2 is 2.04 bits per heavy atom. The second-order valence-corrected chi connectivity index (χ2v) is 7.31. The number of halogens is 1. The van der Waals surface area contributed by atoms with E-state index in [1.165, 1.54) is 16.8 Å². The fourth-order valence-electron chi connectivity index (χ4n) is 3.73. The van der Waals surface area contributed by atoms with Crippen LogP contribution < -0.4 is 9.47 Å². The first-order valence-electron chi connectivity index (χ1n) is 9.52. The molecule has 28 heavy (non-hydrogen) atoms. The Labute approximate surface area is 170 Å². The SMILES string of the molecule is CCOc1cc(-c2n[nH]c3c2CN(Cc2ccccc2)CC3)cc(Cl)c1OC. The van der Waals surface area contributed by atoms with Gasteiger partial charge in [-0.05, 0) is 24.6 Å². The Kier molecular flexibility index (Phi) is 5.55. The predicted octanol–water partition coefficient (Wildman–Crippen LogP) is 4.70. The van der Waals surface area contributed by atoms with Gasteiger partial charge in [-0.3, -0.25) is 10.00 Å². The Bertz CT molecular complexity index is 956. The van der Waals surface area contributed by atoms with Gasteiger partial charge >= 0.3 is 0 Å². The van der Waals surface area contributed by atoms with Crippen LogP contribution in [0.5, 0.6) is 11.5 Å². The molecule has 0 aliphatic carbocycles. The number of aromatic amines is 1. The number of hydrogen-bond donors (Lipinski definition) is 1. The minimum Gasteiger partial charge on any atom is -0.491 e. The molecule has 1 aromatic heterocycles. The molecular formula is C22H24ClN3O2. The van der Waals surface area contributed by atoms with E-state index in [9.17, 15) is 0 Å². The van der Waals surface area contributed by atoms with Crippen molar-refractivity contribution in [3.63, 3.8) is 0 Å². The van der Waals surface area contributed by atoms with E-state index in [0.717, 1.165) is 37.3 Å². The zero-order valence-electron chi connectivity index (χ0n) is 16.2. The van der Waals surface area contributed by atoms with Crippen LogP contribution in [0.3, 0.4) is 0 Å². The van der Waals surface area contributed by atoms with Crippen LogP contribution in [0.15, 0.2) is 42.5 Å². The highest BCUT2D eigenvalue weighted by Crippen LogP contribution is 2.40. The third kappa shape index (κ3) is 3.73. The minimum absolute atomic E-state index is 0.525. The number of aromatic nitrogens is 2. The number of ether oxygens (including phenoxy) is 2. The van der Waals surface area contributed by atoms with Gasteiger partial charge in [-0.2, -0.15) is 5.10 Å². The fourth-order valence-corrected chi connectivity index (χ4v) is 4.02. The van der Waals surface area contributed by atoms with E-state index in [1.807, 2.05) is 19.1 Å². The molecule has 2 heterocycles. The molecule has 0 radical (unpaired) electrons. The monoisotopic (exact) mass is 397 g/mol. The molecular weight excluding hydrogens is 374 g/mol. The standard InChI is InChI=1S/C22H24ClN3O2/c1-3-28-20-12-16(11-18(23)22(20)27-2)21-17-14-26(10-9-19(17)24-25-21)13-15-7-5-4-6-8-15/h4-8,11-12H,3,9-10,13-14H2,1-2H3,(H,24,25). The van der Waals surface area contributed by atoms with Gasteiger partial charge in [-0.25, -0.2) is 0 Å². The smallest absolute Gasteiger partial charge is 0.179 e. The summed E-state index contributed by atoms with van der Waals surface area (Å²) in [7, 11) is 1.60. The zero-order valence-corrected chi connectivity index (χ0v) is 16.9. The van der Waals surface area contributed by atoms with Crippen molar-refractivity contribution in [1.82, 2.24) is 15.1 Å². The number of rotatable bonds is 6. The second kappa shape index (κ2) is 8.25. The van der Waals surface area contributed by atoms with Gasteiger partial charge in [-0.1, -0.05) is 41.9 Å². The van der Waals surface area contributed by atoms with Crippen LogP contribution in [0, 0.1) is 0 Å². The summed E-state index contributed by atoms with van der Waals surface area (Å²) in [6.45, 7) is 5.27. The Morgan fingerprint density at radius 1 is 1.21 bits per heavy atom. The first-order chi connectivity index (χ1) is 13.7. The van der Waals surface area contributed by atoms with E-state index in [1.54, 1.807) is 7.11 Å². The first kappa shape index (κ1) is 18.8. The zero-order chi connectivity index (χ0) is 19.5. The lowest BCUT2D eigenvalue weighted by Gasteiger charge is -2.27. The lowest BCUT2D eigenvalue weighted by molar-refractivity contribution is 0.245. The van der Waals surface area contributed by atoms with E-state index in [0.29, 0.717) is 23.1 Å². The molecule has 3 aromatic rings. The van der Waals surface area contributed by atoms with E-state index >= 15 is 0 Å². The van der Waals surface area contributed by atoms with Crippen LogP contribution in [0.1, 0.15) is 23.7 Å². The maximum atomic E-state index is 6.45. The summed E-state index contributed by atoms with van der Waals surface area (Å²) in [4.78, 5) is 2.45. The third-order valence-corrected chi connectivity index (χ3v) is 5.33. The molecule has 0 amide bonds. The maximum Gasteiger partial charge on any atom is 0.179 e. The number of H-pyrrole nitrogens is 1. The molecule has 4 rings (SSSR count). The summed E-state index contributed by atoms with van der Waals surface area (Å²) in [5, 5.41) is 8.34. The van der Waals surface area contributed by atoms with E-state index < -0.39 is 0 Å². The number of fused-ring (bicyclic) bond motifs is 1. The Morgan fingerprint density at radius 3 is 2.79 bits per heavy atom. The minimum atomic E-state index is 0.525. The van der Waals surface area contributed by atoms with E-state index in [4.69, 9.17) is 21.1 Å². The molecule has 0 spiro atoms. The summed E-state index contributed by atoms with van der Waals surface area (Å²) < 4.78 is 11.1. The Hall–Kier alpha value is -2.50. The van der Waals surface area contributed by atoms with Crippen molar-refractivity contribution in [3.8, 4) is 22.8 Å². The molecule has 0 fully saturated rings. The molecule has 2 aromatic carbocycles. The van der Waals surface area contributed by atoms with Gasteiger partial charge in [0.2, 0.25) is 0 Å². The van der Waals surface area contributed by atoms with Crippen molar-refractivity contribution in [3.05, 3.63) is 64.3 Å². The van der Waals surface area contributed by atoms with Crippen LogP contribution in [-0.2, 0) is 19.5 Å². The van der Waals surface area contributed by atoms with Crippen molar-refractivity contribution in [1.29, 1.82) is 0 Å². The fraction of sp³-hybridized carbons (Fsp3) is 0.318. The van der Waals surface area contributed by atoms with Crippen LogP contribution in [-0.4, -0.2) is 35.4 Å². The van der Waals surface area contributed by atoms with Gasteiger partial charge in [0, 0.05) is 42.9 Å². The molecule has 0 unspecified atom stereocenters. The normalized spacial score (nSPS) is 14.0.